The van der Waals surface area contributed by atoms with Crippen molar-refractivity contribution in [2.24, 2.45) is 5.92 Å². The molecule has 0 aromatic rings. The van der Waals surface area contributed by atoms with Gasteiger partial charge in [0.25, 0.3) is 0 Å². The molecule has 110 valence electrons. The molecule has 0 amide bonds. The molecule has 0 aliphatic heterocycles. The van der Waals surface area contributed by atoms with Crippen LogP contribution in [0.3, 0.4) is 0 Å². The molecule has 19 heavy (non-hydrogen) atoms. The Labute approximate surface area is 120 Å². The van der Waals surface area contributed by atoms with Gasteiger partial charge >= 0.3 is 0 Å². The van der Waals surface area contributed by atoms with E-state index >= 15 is 0 Å². The maximum atomic E-state index is 3.82. The number of allylic oxidation sites excluding steroid dienone is 1. The van der Waals surface area contributed by atoms with E-state index in [1.165, 1.54) is 83.6 Å². The zero-order valence-corrected chi connectivity index (χ0v) is 12.9. The molecule has 1 unspecified atom stereocenters. The second-order valence-corrected chi connectivity index (χ2v) is 6.70. The molecule has 0 spiro atoms. The second-order valence-electron chi connectivity index (χ2n) is 6.70. The van der Waals surface area contributed by atoms with E-state index in [0.717, 1.165) is 12.0 Å². The van der Waals surface area contributed by atoms with Crippen LogP contribution in [0, 0.1) is 5.92 Å². The summed E-state index contributed by atoms with van der Waals surface area (Å²) in [6, 6.07) is 0.757. The van der Waals surface area contributed by atoms with Crippen LogP contribution in [0.25, 0.3) is 0 Å². The summed E-state index contributed by atoms with van der Waals surface area (Å²) < 4.78 is 0. The van der Waals surface area contributed by atoms with E-state index in [2.05, 4.69) is 18.3 Å². The molecule has 2 aliphatic rings. The van der Waals surface area contributed by atoms with Gasteiger partial charge in [0.2, 0.25) is 0 Å². The molecule has 1 nitrogen and oxygen atoms in total. The van der Waals surface area contributed by atoms with E-state index in [9.17, 15) is 0 Å². The molecule has 1 fully saturated rings. The van der Waals surface area contributed by atoms with Gasteiger partial charge in [0.1, 0.15) is 0 Å². The lowest BCUT2D eigenvalue weighted by Crippen LogP contribution is -2.33. The van der Waals surface area contributed by atoms with Gasteiger partial charge in [-0.1, -0.05) is 50.7 Å². The summed E-state index contributed by atoms with van der Waals surface area (Å²) in [5.41, 5.74) is 1.75. The van der Waals surface area contributed by atoms with E-state index in [0.29, 0.717) is 0 Å². The van der Waals surface area contributed by atoms with Crippen LogP contribution in [0.1, 0.15) is 84.0 Å². The fourth-order valence-corrected chi connectivity index (χ4v) is 3.82. The zero-order valence-electron chi connectivity index (χ0n) is 12.9. The van der Waals surface area contributed by atoms with Crippen molar-refractivity contribution in [1.29, 1.82) is 0 Å². The van der Waals surface area contributed by atoms with Gasteiger partial charge in [-0.3, -0.25) is 0 Å². The van der Waals surface area contributed by atoms with Crippen molar-refractivity contribution >= 4 is 0 Å². The van der Waals surface area contributed by atoms with Gasteiger partial charge in [-0.25, -0.2) is 0 Å². The highest BCUT2D eigenvalue weighted by Crippen LogP contribution is 2.30. The molecule has 1 saturated carbocycles. The van der Waals surface area contributed by atoms with Crippen LogP contribution >= 0.6 is 0 Å². The SMILES string of the molecule is CCCNC(CC1=CCCCC1)CC1CCCCC1. The lowest BCUT2D eigenvalue weighted by molar-refractivity contribution is 0.295. The van der Waals surface area contributed by atoms with E-state index in [4.69, 9.17) is 0 Å². The van der Waals surface area contributed by atoms with Crippen molar-refractivity contribution < 1.29 is 0 Å². The van der Waals surface area contributed by atoms with Crippen LogP contribution in [0.5, 0.6) is 0 Å². The molecule has 1 N–H and O–H groups in total. The van der Waals surface area contributed by atoms with Gasteiger partial charge in [-0.15, -0.1) is 0 Å². The molecule has 0 saturated heterocycles. The Kier molecular flexibility index (Phi) is 6.98. The third-order valence-electron chi connectivity index (χ3n) is 4.92. The normalized spacial score (nSPS) is 23.1. The first kappa shape index (κ1) is 15.1. The third kappa shape index (κ3) is 5.69. The Hall–Kier alpha value is -0.300. The first-order valence-corrected chi connectivity index (χ1v) is 8.79. The summed E-state index contributed by atoms with van der Waals surface area (Å²) in [6.07, 6.45) is 19.5. The molecular formula is C18H33N. The predicted octanol–water partition coefficient (Wildman–Crippen LogP) is 5.22. The average molecular weight is 263 g/mol. The molecule has 1 heteroatoms. The Morgan fingerprint density at radius 3 is 2.68 bits per heavy atom. The minimum atomic E-state index is 0.757. The lowest BCUT2D eigenvalue weighted by atomic mass is 9.82. The van der Waals surface area contributed by atoms with Crippen molar-refractivity contribution in [3.8, 4) is 0 Å². The molecule has 0 aromatic carbocycles. The third-order valence-corrected chi connectivity index (χ3v) is 4.92. The molecule has 0 heterocycles. The van der Waals surface area contributed by atoms with E-state index in [1.807, 2.05) is 0 Å². The predicted molar refractivity (Wildman–Crippen MR) is 84.4 cm³/mol. The van der Waals surface area contributed by atoms with Crippen LogP contribution in [-0.2, 0) is 0 Å². The molecular weight excluding hydrogens is 230 g/mol. The second kappa shape index (κ2) is 8.79. The Balaban J connectivity index is 1.81. The molecule has 2 aliphatic carbocycles. The Bertz CT molecular complexity index is 263. The molecule has 2 rings (SSSR count). The number of nitrogens with one attached hydrogen (secondary N) is 1. The smallest absolute Gasteiger partial charge is 0.0107 e. The van der Waals surface area contributed by atoms with Gasteiger partial charge in [0.05, 0.1) is 0 Å². The minimum absolute atomic E-state index is 0.757. The largest absolute Gasteiger partial charge is 0.314 e. The summed E-state index contributed by atoms with van der Waals surface area (Å²) >= 11 is 0. The topological polar surface area (TPSA) is 12.0 Å². The molecule has 0 aromatic heterocycles. The van der Waals surface area contributed by atoms with Crippen molar-refractivity contribution in [3.63, 3.8) is 0 Å². The van der Waals surface area contributed by atoms with Crippen molar-refractivity contribution in [3.05, 3.63) is 11.6 Å². The highest BCUT2D eigenvalue weighted by atomic mass is 14.9. The highest BCUT2D eigenvalue weighted by Gasteiger charge is 2.19. The summed E-state index contributed by atoms with van der Waals surface area (Å²) in [5.74, 6) is 1.01. The fraction of sp³-hybridized carbons (Fsp3) is 0.889. The van der Waals surface area contributed by atoms with E-state index in [-0.39, 0.29) is 0 Å². The monoisotopic (exact) mass is 263 g/mol. The number of hydrogen-bond donors (Lipinski definition) is 1. The van der Waals surface area contributed by atoms with Crippen molar-refractivity contribution in [1.82, 2.24) is 5.32 Å². The van der Waals surface area contributed by atoms with Crippen LogP contribution in [0.15, 0.2) is 11.6 Å². The first-order chi connectivity index (χ1) is 9.38. The van der Waals surface area contributed by atoms with Crippen LogP contribution in [0.2, 0.25) is 0 Å². The summed E-state index contributed by atoms with van der Waals surface area (Å²) in [5, 5.41) is 3.82. The summed E-state index contributed by atoms with van der Waals surface area (Å²) in [6.45, 7) is 3.48. The van der Waals surface area contributed by atoms with E-state index in [1.54, 1.807) is 5.57 Å². The quantitative estimate of drug-likeness (QED) is 0.621. The fourth-order valence-electron chi connectivity index (χ4n) is 3.82. The maximum absolute atomic E-state index is 3.82. The first-order valence-electron chi connectivity index (χ1n) is 8.79. The summed E-state index contributed by atoms with van der Waals surface area (Å²) in [4.78, 5) is 0. The zero-order chi connectivity index (χ0) is 13.3. The molecule has 0 bridgehead atoms. The van der Waals surface area contributed by atoms with Gasteiger partial charge < -0.3 is 5.32 Å². The number of rotatable bonds is 7. The maximum Gasteiger partial charge on any atom is 0.0107 e. The van der Waals surface area contributed by atoms with Crippen LogP contribution < -0.4 is 5.32 Å². The van der Waals surface area contributed by atoms with Crippen molar-refractivity contribution in [2.75, 3.05) is 6.54 Å². The van der Waals surface area contributed by atoms with E-state index < -0.39 is 0 Å². The van der Waals surface area contributed by atoms with Gasteiger partial charge in [-0.05, 0) is 57.4 Å². The lowest BCUT2D eigenvalue weighted by Gasteiger charge is -2.28. The van der Waals surface area contributed by atoms with Gasteiger partial charge in [0.15, 0.2) is 0 Å². The highest BCUT2D eigenvalue weighted by molar-refractivity contribution is 5.07. The van der Waals surface area contributed by atoms with Crippen LogP contribution in [-0.4, -0.2) is 12.6 Å². The standard InChI is InChI=1S/C18H33N/c1-2-13-19-18(14-16-9-5-3-6-10-16)15-17-11-7-4-8-12-17/h9,17-19H,2-8,10-15H2,1H3. The van der Waals surface area contributed by atoms with Gasteiger partial charge in [0, 0.05) is 6.04 Å². The van der Waals surface area contributed by atoms with Crippen molar-refractivity contribution in [2.45, 2.75) is 90.0 Å². The number of hydrogen-bond acceptors (Lipinski definition) is 1. The summed E-state index contributed by atoms with van der Waals surface area (Å²) in [7, 11) is 0. The molecule has 1 atom stereocenters. The Morgan fingerprint density at radius 2 is 2.00 bits per heavy atom. The van der Waals surface area contributed by atoms with Crippen LogP contribution in [0.4, 0.5) is 0 Å². The van der Waals surface area contributed by atoms with Gasteiger partial charge in [-0.2, -0.15) is 0 Å². The minimum Gasteiger partial charge on any atom is -0.314 e. The average Bonchev–Trinajstić information content (AvgIpc) is 2.47. The Morgan fingerprint density at radius 1 is 1.16 bits per heavy atom. The molecule has 0 radical (unpaired) electrons.